The van der Waals surface area contributed by atoms with E-state index in [1.807, 2.05) is 0 Å². The third-order valence-corrected chi connectivity index (χ3v) is 8.02. The van der Waals surface area contributed by atoms with Gasteiger partial charge in [0.1, 0.15) is 4.90 Å². The van der Waals surface area contributed by atoms with E-state index < -0.39 is 20.0 Å². The van der Waals surface area contributed by atoms with Crippen molar-refractivity contribution in [2.45, 2.75) is 9.79 Å². The number of hydrogen-bond donors (Lipinski definition) is 3. The van der Waals surface area contributed by atoms with Crippen molar-refractivity contribution in [2.75, 3.05) is 9.44 Å². The number of aromatic nitrogens is 1. The molecule has 3 N–H and O–H groups in total. The van der Waals surface area contributed by atoms with Crippen molar-refractivity contribution in [2.24, 2.45) is 0 Å². The van der Waals surface area contributed by atoms with Gasteiger partial charge in [-0.2, -0.15) is 0 Å². The van der Waals surface area contributed by atoms with Crippen molar-refractivity contribution in [1.82, 2.24) is 4.98 Å². The molecule has 0 bridgehead atoms. The lowest BCUT2D eigenvalue weighted by Gasteiger charge is -2.09. The van der Waals surface area contributed by atoms with Crippen LogP contribution < -0.4 is 9.44 Å². The number of H-pyrrole nitrogens is 1. The fourth-order valence-electron chi connectivity index (χ4n) is 3.70. The van der Waals surface area contributed by atoms with Crippen LogP contribution in [-0.4, -0.2) is 21.8 Å². The summed E-state index contributed by atoms with van der Waals surface area (Å²) in [4.78, 5) is 3.29. The van der Waals surface area contributed by atoms with Gasteiger partial charge in [-0.25, -0.2) is 16.8 Å². The molecule has 0 unspecified atom stereocenters. The maximum absolute atomic E-state index is 13.1. The van der Waals surface area contributed by atoms with E-state index >= 15 is 0 Å². The fourth-order valence-corrected chi connectivity index (χ4v) is 6.03. The Hall–Kier alpha value is -3.82. The number of aromatic amines is 1. The van der Waals surface area contributed by atoms with E-state index in [-0.39, 0.29) is 9.79 Å². The van der Waals surface area contributed by atoms with Crippen LogP contribution in [0.2, 0.25) is 0 Å². The molecule has 0 aliphatic carbocycles. The molecule has 9 heteroatoms. The molecule has 0 atom stereocenters. The zero-order chi connectivity index (χ0) is 23.1. The van der Waals surface area contributed by atoms with Gasteiger partial charge in [-0.3, -0.25) is 9.44 Å². The van der Waals surface area contributed by atoms with Crippen LogP contribution in [-0.2, 0) is 20.0 Å². The normalized spacial score (nSPS) is 12.1. The summed E-state index contributed by atoms with van der Waals surface area (Å²) in [5.74, 6) is 0. The Labute approximate surface area is 191 Å². The van der Waals surface area contributed by atoms with Crippen LogP contribution in [0.25, 0.3) is 21.8 Å². The Kier molecular flexibility index (Phi) is 5.07. The Bertz CT molecular complexity index is 1680. The summed E-state index contributed by atoms with van der Waals surface area (Å²) in [7, 11) is -7.70. The van der Waals surface area contributed by atoms with Gasteiger partial charge in [0.2, 0.25) is 0 Å². The van der Waals surface area contributed by atoms with E-state index in [4.69, 9.17) is 0 Å². The van der Waals surface area contributed by atoms with E-state index in [0.717, 1.165) is 0 Å². The van der Waals surface area contributed by atoms with Gasteiger partial charge in [0.25, 0.3) is 20.0 Å². The van der Waals surface area contributed by atoms with Crippen molar-refractivity contribution in [3.63, 3.8) is 0 Å². The van der Waals surface area contributed by atoms with Crippen molar-refractivity contribution in [3.8, 4) is 0 Å². The summed E-state index contributed by atoms with van der Waals surface area (Å²) in [6.07, 6.45) is 0. The van der Waals surface area contributed by atoms with Gasteiger partial charge in [-0.15, -0.1) is 0 Å². The summed E-state index contributed by atoms with van der Waals surface area (Å²) >= 11 is 0. The van der Waals surface area contributed by atoms with Crippen LogP contribution >= 0.6 is 0 Å². The number of anilines is 2. The number of nitrogens with one attached hydrogen (secondary N) is 3. The molecule has 1 aromatic heterocycles. The van der Waals surface area contributed by atoms with Gasteiger partial charge in [0.05, 0.1) is 10.4 Å². The summed E-state index contributed by atoms with van der Waals surface area (Å²) in [5, 5.41) is 1.22. The summed E-state index contributed by atoms with van der Waals surface area (Å²) < 4.78 is 57.1. The molecule has 0 amide bonds. The largest absolute Gasteiger partial charge is 0.353 e. The molecule has 1 heterocycles. The van der Waals surface area contributed by atoms with Crippen LogP contribution in [0.4, 0.5) is 11.4 Å². The number of fused-ring (bicyclic) bond motifs is 3. The lowest BCUT2D eigenvalue weighted by Crippen LogP contribution is -2.13. The van der Waals surface area contributed by atoms with Gasteiger partial charge in [-0.1, -0.05) is 48.5 Å². The quantitative estimate of drug-likeness (QED) is 0.322. The minimum atomic E-state index is -3.88. The predicted molar refractivity (Wildman–Crippen MR) is 130 cm³/mol. The minimum Gasteiger partial charge on any atom is -0.353 e. The lowest BCUT2D eigenvalue weighted by atomic mass is 10.1. The molecule has 0 aliphatic rings. The first kappa shape index (κ1) is 21.0. The second kappa shape index (κ2) is 7.95. The molecule has 5 rings (SSSR count). The second-order valence-electron chi connectivity index (χ2n) is 7.45. The van der Waals surface area contributed by atoms with Crippen molar-refractivity contribution >= 4 is 53.2 Å². The first-order valence-electron chi connectivity index (χ1n) is 10.0. The zero-order valence-electron chi connectivity index (χ0n) is 17.2. The molecule has 4 aromatic carbocycles. The van der Waals surface area contributed by atoms with E-state index in [1.54, 1.807) is 84.9 Å². The maximum atomic E-state index is 13.1. The van der Waals surface area contributed by atoms with Crippen LogP contribution in [0.15, 0.2) is 107 Å². The first-order valence-corrected chi connectivity index (χ1v) is 13.0. The zero-order valence-corrected chi connectivity index (χ0v) is 18.8. The molecular weight excluding hydrogens is 458 g/mol. The average Bonchev–Trinajstić information content (AvgIpc) is 3.18. The Balaban J connectivity index is 1.59. The lowest BCUT2D eigenvalue weighted by molar-refractivity contribution is 0.600. The SMILES string of the molecule is O=S(=O)(Nc1ccccc1)c1ccc2[nH]c3c(S(=O)(=O)Nc4ccccc4)cccc3c2c1. The Morgan fingerprint density at radius 1 is 0.576 bits per heavy atom. The maximum Gasteiger partial charge on any atom is 0.263 e. The number of benzene rings is 4. The third kappa shape index (κ3) is 4.04. The number of hydrogen-bond acceptors (Lipinski definition) is 4. The Morgan fingerprint density at radius 2 is 1.18 bits per heavy atom. The van der Waals surface area contributed by atoms with Crippen LogP contribution in [0, 0.1) is 0 Å². The molecule has 33 heavy (non-hydrogen) atoms. The topological polar surface area (TPSA) is 108 Å². The molecule has 166 valence electrons. The van der Waals surface area contributed by atoms with Gasteiger partial charge in [0.15, 0.2) is 0 Å². The monoisotopic (exact) mass is 477 g/mol. The van der Waals surface area contributed by atoms with Crippen LogP contribution in [0.5, 0.6) is 0 Å². The second-order valence-corrected chi connectivity index (χ2v) is 10.8. The molecule has 0 spiro atoms. The molecule has 0 radical (unpaired) electrons. The predicted octanol–water partition coefficient (Wildman–Crippen LogP) is 4.92. The minimum absolute atomic E-state index is 0.0758. The van der Waals surface area contributed by atoms with Crippen molar-refractivity contribution < 1.29 is 16.8 Å². The smallest absolute Gasteiger partial charge is 0.263 e. The van der Waals surface area contributed by atoms with E-state index in [9.17, 15) is 16.8 Å². The number of rotatable bonds is 6. The van der Waals surface area contributed by atoms with Crippen LogP contribution in [0.3, 0.4) is 0 Å². The van der Waals surface area contributed by atoms with Gasteiger partial charge >= 0.3 is 0 Å². The number of sulfonamides is 2. The highest BCUT2D eigenvalue weighted by Gasteiger charge is 2.21. The molecule has 7 nitrogen and oxygen atoms in total. The highest BCUT2D eigenvalue weighted by molar-refractivity contribution is 7.93. The standard InChI is InChI=1S/C24H19N3O4S2/c28-32(29,26-17-8-3-1-4-9-17)19-14-15-22-21(16-19)20-12-7-13-23(24(20)25-22)33(30,31)27-18-10-5-2-6-11-18/h1-16,25-27H. The molecule has 0 saturated heterocycles. The first-order chi connectivity index (χ1) is 15.8. The average molecular weight is 478 g/mol. The summed E-state index contributed by atoms with van der Waals surface area (Å²) in [6, 6.07) is 26.8. The highest BCUT2D eigenvalue weighted by atomic mass is 32.2. The van der Waals surface area contributed by atoms with E-state index in [0.29, 0.717) is 33.2 Å². The summed E-state index contributed by atoms with van der Waals surface area (Å²) in [6.45, 7) is 0. The van der Waals surface area contributed by atoms with Crippen molar-refractivity contribution in [1.29, 1.82) is 0 Å². The van der Waals surface area contributed by atoms with Gasteiger partial charge < -0.3 is 4.98 Å². The summed E-state index contributed by atoms with van der Waals surface area (Å²) in [5.41, 5.74) is 1.94. The third-order valence-electron chi connectivity index (χ3n) is 5.22. The number of para-hydroxylation sites is 3. The molecule has 0 saturated carbocycles. The van der Waals surface area contributed by atoms with Crippen LogP contribution in [0.1, 0.15) is 0 Å². The molecule has 0 aliphatic heterocycles. The van der Waals surface area contributed by atoms with E-state index in [1.165, 1.54) is 12.1 Å². The molecular formula is C24H19N3O4S2. The molecule has 0 fully saturated rings. The highest BCUT2D eigenvalue weighted by Crippen LogP contribution is 2.32. The van der Waals surface area contributed by atoms with Gasteiger partial charge in [0, 0.05) is 27.7 Å². The van der Waals surface area contributed by atoms with Gasteiger partial charge in [-0.05, 0) is 48.5 Å². The van der Waals surface area contributed by atoms with Crippen molar-refractivity contribution in [3.05, 3.63) is 97.1 Å². The Morgan fingerprint density at radius 3 is 1.82 bits per heavy atom. The van der Waals surface area contributed by atoms with E-state index in [2.05, 4.69) is 14.4 Å². The molecule has 5 aromatic rings. The fraction of sp³-hybridized carbons (Fsp3) is 0.